The molecule has 0 amide bonds. The van der Waals surface area contributed by atoms with Gasteiger partial charge in [-0.3, -0.25) is 9.59 Å². The summed E-state index contributed by atoms with van der Waals surface area (Å²) in [7, 11) is 5.98. The molecule has 74 heavy (non-hydrogen) atoms. The van der Waals surface area contributed by atoms with Crippen LogP contribution in [0.15, 0.2) is 0 Å². The first-order valence-electron chi connectivity index (χ1n) is 32.7. The predicted molar refractivity (Wildman–Crippen MR) is 314 cm³/mol. The van der Waals surface area contributed by atoms with Crippen molar-refractivity contribution in [3.8, 4) is 0 Å². The molecule has 1 N–H and O–H groups in total. The zero-order valence-corrected chi connectivity index (χ0v) is 50.3. The number of hydrogen-bond acceptors (Lipinski definition) is 7. The van der Waals surface area contributed by atoms with Gasteiger partial charge >= 0.3 is 17.9 Å². The quantitative estimate of drug-likeness (QED) is 0.0278. The summed E-state index contributed by atoms with van der Waals surface area (Å²) in [6, 6.07) is 0. The Bertz CT molecular complexity index is 1180. The number of nitrogens with zero attached hydrogens (tertiary/aromatic N) is 1. The fourth-order valence-corrected chi connectivity index (χ4v) is 10.1. The third-order valence-corrected chi connectivity index (χ3v) is 15.1. The highest BCUT2D eigenvalue weighted by atomic mass is 16.7. The van der Waals surface area contributed by atoms with Gasteiger partial charge in [0.05, 0.1) is 34.4 Å². The average molecular weight is 1050 g/mol. The lowest BCUT2D eigenvalue weighted by atomic mass is 10.0. The topological polar surface area (TPSA) is 108 Å². The summed E-state index contributed by atoms with van der Waals surface area (Å²) < 4.78 is 22.9. The van der Waals surface area contributed by atoms with E-state index in [1.807, 2.05) is 21.1 Å². The maximum Gasteiger partial charge on any atom is 0.361 e. The number of esters is 2. The molecule has 2 atom stereocenters. The van der Waals surface area contributed by atoms with Crippen molar-refractivity contribution in [3.63, 3.8) is 0 Å². The smallest absolute Gasteiger partial charge is 0.361 e. The molecule has 0 bridgehead atoms. The lowest BCUT2D eigenvalue weighted by molar-refractivity contribution is -0.870. The third kappa shape index (κ3) is 58.0. The fraction of sp³-hybridized carbons (Fsp3) is 0.954. The number of carboxylic acids is 1. The Morgan fingerprint density at radius 1 is 0.351 bits per heavy atom. The van der Waals surface area contributed by atoms with Crippen LogP contribution in [0.2, 0.25) is 0 Å². The van der Waals surface area contributed by atoms with Crippen LogP contribution in [0.4, 0.5) is 0 Å². The number of ether oxygens (including phenoxy) is 4. The Hall–Kier alpha value is -1.71. The third-order valence-electron chi connectivity index (χ3n) is 15.1. The lowest BCUT2D eigenvalue weighted by Gasteiger charge is -2.25. The van der Waals surface area contributed by atoms with Gasteiger partial charge < -0.3 is 28.5 Å². The molecule has 0 aliphatic carbocycles. The van der Waals surface area contributed by atoms with Gasteiger partial charge in [-0.2, -0.15) is 0 Å². The van der Waals surface area contributed by atoms with Crippen LogP contribution in [0.5, 0.6) is 0 Å². The number of rotatable bonds is 62. The second-order valence-corrected chi connectivity index (χ2v) is 23.8. The molecule has 0 saturated heterocycles. The number of likely N-dealkylation sites (N-methyl/N-ethyl adjacent to an activating group) is 1. The van der Waals surface area contributed by atoms with E-state index >= 15 is 0 Å². The molecule has 0 spiro atoms. The maximum atomic E-state index is 12.9. The molecule has 0 radical (unpaired) electrons. The van der Waals surface area contributed by atoms with E-state index in [-0.39, 0.29) is 38.2 Å². The fourth-order valence-electron chi connectivity index (χ4n) is 10.1. The molecule has 0 fully saturated rings. The summed E-state index contributed by atoms with van der Waals surface area (Å²) in [6.45, 7) is 4.93. The number of quaternary nitrogens is 1. The molecule has 0 rings (SSSR count). The number of aliphatic carboxylic acids is 1. The van der Waals surface area contributed by atoms with E-state index in [9.17, 15) is 19.5 Å². The van der Waals surface area contributed by atoms with E-state index < -0.39 is 18.4 Å². The van der Waals surface area contributed by atoms with Crippen LogP contribution in [0.25, 0.3) is 0 Å². The van der Waals surface area contributed by atoms with Gasteiger partial charge in [-0.25, -0.2) is 4.79 Å². The largest absolute Gasteiger partial charge is 0.477 e. The lowest BCUT2D eigenvalue weighted by Crippen LogP contribution is -2.40. The highest BCUT2D eigenvalue weighted by Gasteiger charge is 2.25. The summed E-state index contributed by atoms with van der Waals surface area (Å²) in [5.41, 5.74) is 0. The number of carbonyl (C=O) groups is 3. The first-order valence-corrected chi connectivity index (χ1v) is 32.7. The van der Waals surface area contributed by atoms with E-state index in [2.05, 4.69) is 13.8 Å². The molecule has 0 aromatic carbocycles. The SMILES string of the molecule is CCCCCCCCCCCCCCCCCCCCCCCCCCCCCCCCCCCCCCCCC(=O)OC(COC(=O)CCCCCCCCCCCCC)COC(OCC[N+](C)(C)C)C(=O)O. The van der Waals surface area contributed by atoms with E-state index in [0.29, 0.717) is 17.4 Å². The molecule has 0 aromatic heterocycles. The van der Waals surface area contributed by atoms with Crippen LogP contribution in [0.3, 0.4) is 0 Å². The second-order valence-electron chi connectivity index (χ2n) is 23.8. The van der Waals surface area contributed by atoms with Gasteiger partial charge in [-0.15, -0.1) is 0 Å². The van der Waals surface area contributed by atoms with Crippen LogP contribution in [0, 0.1) is 0 Å². The normalized spacial score (nSPS) is 12.6. The van der Waals surface area contributed by atoms with Crippen molar-refractivity contribution in [1.29, 1.82) is 0 Å². The van der Waals surface area contributed by atoms with Gasteiger partial charge in [-0.1, -0.05) is 316 Å². The van der Waals surface area contributed by atoms with Crippen LogP contribution >= 0.6 is 0 Å². The minimum Gasteiger partial charge on any atom is -0.477 e. The monoisotopic (exact) mass is 1050 g/mol. The summed E-state index contributed by atoms with van der Waals surface area (Å²) in [5, 5.41) is 9.69. The van der Waals surface area contributed by atoms with Crippen molar-refractivity contribution >= 4 is 17.9 Å². The minimum absolute atomic E-state index is 0.173. The van der Waals surface area contributed by atoms with Crippen molar-refractivity contribution < 1.29 is 42.9 Å². The molecule has 0 aromatic rings. The van der Waals surface area contributed by atoms with Gasteiger partial charge in [0, 0.05) is 12.8 Å². The van der Waals surface area contributed by atoms with Crippen molar-refractivity contribution in [1.82, 2.24) is 0 Å². The molecule has 440 valence electrons. The Morgan fingerprint density at radius 2 is 0.608 bits per heavy atom. The van der Waals surface area contributed by atoms with E-state index in [0.717, 1.165) is 38.5 Å². The highest BCUT2D eigenvalue weighted by molar-refractivity contribution is 5.71. The van der Waals surface area contributed by atoms with Crippen molar-refractivity contribution in [3.05, 3.63) is 0 Å². The number of carbonyl (C=O) groups excluding carboxylic acids is 2. The van der Waals surface area contributed by atoms with E-state index in [4.69, 9.17) is 18.9 Å². The van der Waals surface area contributed by atoms with Crippen molar-refractivity contribution in [2.45, 2.75) is 354 Å². The molecule has 2 unspecified atom stereocenters. The van der Waals surface area contributed by atoms with Gasteiger partial charge in [0.2, 0.25) is 0 Å². The van der Waals surface area contributed by atoms with Crippen LogP contribution in [-0.2, 0) is 33.3 Å². The van der Waals surface area contributed by atoms with Gasteiger partial charge in [-0.05, 0) is 12.8 Å². The zero-order valence-electron chi connectivity index (χ0n) is 50.3. The molecular weight excluding hydrogens is 923 g/mol. The number of carboxylic acid groups (broad SMARTS) is 1. The van der Waals surface area contributed by atoms with Crippen molar-refractivity contribution in [2.24, 2.45) is 0 Å². The maximum absolute atomic E-state index is 12.9. The summed E-state index contributed by atoms with van der Waals surface area (Å²) in [4.78, 5) is 37.3. The molecule has 0 saturated carbocycles. The molecule has 9 heteroatoms. The Balaban J connectivity index is 3.85. The summed E-state index contributed by atoms with van der Waals surface area (Å²) in [6.07, 6.45) is 63.9. The molecular formula is C65H128NO8+. The van der Waals surface area contributed by atoms with Crippen LogP contribution in [0.1, 0.15) is 341 Å². The Labute approximate surface area is 460 Å². The first kappa shape index (κ1) is 72.3. The molecule has 0 aliphatic heterocycles. The Kier molecular flexibility index (Phi) is 56.1. The number of hydrogen-bond donors (Lipinski definition) is 1. The number of unbranched alkanes of at least 4 members (excludes halogenated alkanes) is 47. The van der Waals surface area contributed by atoms with Crippen LogP contribution in [-0.4, -0.2) is 87.4 Å². The summed E-state index contributed by atoms with van der Waals surface area (Å²) in [5.74, 6) is -1.98. The van der Waals surface area contributed by atoms with Crippen LogP contribution < -0.4 is 0 Å². The second kappa shape index (κ2) is 57.5. The Morgan fingerprint density at radius 3 is 0.865 bits per heavy atom. The van der Waals surface area contributed by atoms with E-state index in [1.54, 1.807) is 0 Å². The average Bonchev–Trinajstić information content (AvgIpc) is 3.37. The highest BCUT2D eigenvalue weighted by Crippen LogP contribution is 2.19. The van der Waals surface area contributed by atoms with Crippen molar-refractivity contribution in [2.75, 3.05) is 47.5 Å². The van der Waals surface area contributed by atoms with Gasteiger partial charge in [0.25, 0.3) is 6.29 Å². The summed E-state index contributed by atoms with van der Waals surface area (Å²) >= 11 is 0. The van der Waals surface area contributed by atoms with Gasteiger partial charge in [0.1, 0.15) is 13.2 Å². The predicted octanol–water partition coefficient (Wildman–Crippen LogP) is 19.5. The molecule has 0 heterocycles. The zero-order chi connectivity index (χ0) is 54.1. The van der Waals surface area contributed by atoms with E-state index in [1.165, 1.54) is 276 Å². The molecule has 0 aliphatic rings. The standard InChI is InChI=1S/C65H127NO8/c1-6-8-10-12-14-16-18-19-20-21-22-23-24-25-26-27-28-29-30-31-32-33-34-35-36-37-38-39-40-41-42-43-44-46-48-50-52-54-56-63(68)74-61(60-73-65(64(69)70)71-58-57-66(3,4)5)59-72-62(67)55-53-51-49-47-45-17-15-13-11-9-7-2/h61,65H,6-60H2,1-5H3/p+1. The first-order chi connectivity index (χ1) is 36.1. The van der Waals surface area contributed by atoms with Gasteiger partial charge in [0.15, 0.2) is 6.10 Å². The minimum atomic E-state index is -1.50. The molecule has 9 nitrogen and oxygen atoms in total.